The number of nitrogens with one attached hydrogen (secondary N) is 1. The normalized spacial score (nSPS) is 18.5. The van der Waals surface area contributed by atoms with Gasteiger partial charge in [-0.25, -0.2) is 4.79 Å². The van der Waals surface area contributed by atoms with Crippen molar-refractivity contribution in [3.63, 3.8) is 0 Å². The zero-order valence-electron chi connectivity index (χ0n) is 10.3. The van der Waals surface area contributed by atoms with Gasteiger partial charge >= 0.3 is 12.0 Å². The first-order chi connectivity index (χ1) is 9.02. The van der Waals surface area contributed by atoms with Crippen LogP contribution < -0.4 is 5.32 Å². The summed E-state index contributed by atoms with van der Waals surface area (Å²) in [6.45, 7) is 0.677. The van der Waals surface area contributed by atoms with Crippen molar-refractivity contribution in [1.82, 2.24) is 10.2 Å². The third-order valence-corrected chi connectivity index (χ3v) is 2.54. The van der Waals surface area contributed by atoms with E-state index < -0.39 is 24.0 Å². The van der Waals surface area contributed by atoms with Crippen LogP contribution in [0.15, 0.2) is 0 Å². The molecule has 1 unspecified atom stereocenters. The molecule has 3 amide bonds. The summed E-state index contributed by atoms with van der Waals surface area (Å²) >= 11 is 0. The van der Waals surface area contributed by atoms with Crippen LogP contribution >= 0.6 is 0 Å². The van der Waals surface area contributed by atoms with Crippen LogP contribution in [-0.2, 0) is 14.3 Å². The van der Waals surface area contributed by atoms with E-state index >= 15 is 0 Å². The molecule has 1 saturated heterocycles. The van der Waals surface area contributed by atoms with E-state index in [1.165, 1.54) is 4.90 Å². The lowest BCUT2D eigenvalue weighted by molar-refractivity contribution is -0.137. The SMILES string of the molecule is N#CC1CN(C(=O)NC(=O)CCCC(=O)O)CCO1. The van der Waals surface area contributed by atoms with E-state index in [-0.39, 0.29) is 32.4 Å². The molecule has 0 aliphatic carbocycles. The predicted octanol–water partition coefficient (Wildman–Crippen LogP) is -0.298. The molecule has 1 aliphatic rings. The van der Waals surface area contributed by atoms with Crippen LogP contribution in [-0.4, -0.2) is 53.7 Å². The third-order valence-electron chi connectivity index (χ3n) is 2.54. The molecule has 8 heteroatoms. The highest BCUT2D eigenvalue weighted by atomic mass is 16.5. The second kappa shape index (κ2) is 7.33. The van der Waals surface area contributed by atoms with Gasteiger partial charge in [0, 0.05) is 19.4 Å². The molecule has 104 valence electrons. The Morgan fingerprint density at radius 3 is 2.79 bits per heavy atom. The maximum Gasteiger partial charge on any atom is 0.324 e. The smallest absolute Gasteiger partial charge is 0.324 e. The summed E-state index contributed by atoms with van der Waals surface area (Å²) in [6, 6.07) is 1.32. The van der Waals surface area contributed by atoms with Gasteiger partial charge in [0.05, 0.1) is 19.2 Å². The number of rotatable bonds is 4. The quantitative estimate of drug-likeness (QED) is 0.723. The van der Waals surface area contributed by atoms with Crippen molar-refractivity contribution < 1.29 is 24.2 Å². The largest absolute Gasteiger partial charge is 0.481 e. The molecule has 0 aromatic carbocycles. The van der Waals surface area contributed by atoms with Crippen molar-refractivity contribution >= 4 is 17.9 Å². The van der Waals surface area contributed by atoms with Gasteiger partial charge in [-0.2, -0.15) is 5.26 Å². The maximum absolute atomic E-state index is 11.7. The standard InChI is InChI=1S/C11H15N3O5/c12-6-8-7-14(4-5-19-8)11(18)13-9(15)2-1-3-10(16)17/h8H,1-5,7H2,(H,16,17)(H,13,15,18). The van der Waals surface area contributed by atoms with Crippen molar-refractivity contribution in [2.45, 2.75) is 25.4 Å². The van der Waals surface area contributed by atoms with Crippen LogP contribution in [0.1, 0.15) is 19.3 Å². The average Bonchev–Trinajstić information content (AvgIpc) is 2.38. The second-order valence-corrected chi connectivity index (χ2v) is 4.04. The zero-order valence-corrected chi connectivity index (χ0v) is 10.3. The van der Waals surface area contributed by atoms with Crippen molar-refractivity contribution in [2.24, 2.45) is 0 Å². The van der Waals surface area contributed by atoms with Crippen molar-refractivity contribution in [3.8, 4) is 6.07 Å². The van der Waals surface area contributed by atoms with Gasteiger partial charge in [-0.15, -0.1) is 0 Å². The third kappa shape index (κ3) is 5.35. The maximum atomic E-state index is 11.7. The highest BCUT2D eigenvalue weighted by Crippen LogP contribution is 2.04. The Morgan fingerprint density at radius 1 is 1.42 bits per heavy atom. The first-order valence-corrected chi connectivity index (χ1v) is 5.84. The molecular formula is C11H15N3O5. The average molecular weight is 269 g/mol. The molecule has 1 heterocycles. The number of morpholine rings is 1. The number of carbonyl (C=O) groups is 3. The fourth-order valence-electron chi connectivity index (χ4n) is 1.57. The fraction of sp³-hybridized carbons (Fsp3) is 0.636. The Hall–Kier alpha value is -2.14. The molecule has 2 N–H and O–H groups in total. The Balaban J connectivity index is 2.31. The minimum absolute atomic E-state index is 0.0238. The van der Waals surface area contributed by atoms with Crippen LogP contribution in [0.4, 0.5) is 4.79 Å². The van der Waals surface area contributed by atoms with Crippen molar-refractivity contribution in [3.05, 3.63) is 0 Å². The summed E-state index contributed by atoms with van der Waals surface area (Å²) in [7, 11) is 0. The van der Waals surface area contributed by atoms with E-state index in [4.69, 9.17) is 15.1 Å². The number of amides is 3. The van der Waals surface area contributed by atoms with E-state index in [9.17, 15) is 14.4 Å². The molecule has 0 aromatic rings. The molecular weight excluding hydrogens is 254 g/mol. The lowest BCUT2D eigenvalue weighted by Crippen LogP contribution is -2.50. The number of nitrogens with zero attached hydrogens (tertiary/aromatic N) is 2. The number of carbonyl (C=O) groups excluding carboxylic acids is 2. The Morgan fingerprint density at radius 2 is 2.16 bits per heavy atom. The number of ether oxygens (including phenoxy) is 1. The number of carboxylic acids is 1. The van der Waals surface area contributed by atoms with E-state index in [0.29, 0.717) is 6.54 Å². The topological polar surface area (TPSA) is 120 Å². The van der Waals surface area contributed by atoms with Gasteiger partial charge in [-0.3, -0.25) is 14.9 Å². The summed E-state index contributed by atoms with van der Waals surface area (Å²) in [5, 5.41) is 19.3. The van der Waals surface area contributed by atoms with Crippen LogP contribution in [0.2, 0.25) is 0 Å². The van der Waals surface area contributed by atoms with Gasteiger partial charge in [0.2, 0.25) is 5.91 Å². The predicted molar refractivity (Wildman–Crippen MR) is 62.0 cm³/mol. The van der Waals surface area contributed by atoms with Crippen LogP contribution in [0.3, 0.4) is 0 Å². The highest BCUT2D eigenvalue weighted by molar-refractivity contribution is 5.94. The summed E-state index contributed by atoms with van der Waals surface area (Å²) in [4.78, 5) is 34.7. The van der Waals surface area contributed by atoms with Gasteiger partial charge in [-0.1, -0.05) is 0 Å². The molecule has 19 heavy (non-hydrogen) atoms. The van der Waals surface area contributed by atoms with Crippen LogP contribution in [0.25, 0.3) is 0 Å². The monoisotopic (exact) mass is 269 g/mol. The van der Waals surface area contributed by atoms with Crippen molar-refractivity contribution in [1.29, 1.82) is 5.26 Å². The minimum Gasteiger partial charge on any atom is -0.481 e. The van der Waals surface area contributed by atoms with E-state index in [1.54, 1.807) is 0 Å². The van der Waals surface area contributed by atoms with Gasteiger partial charge in [0.1, 0.15) is 0 Å². The molecule has 1 aliphatic heterocycles. The first-order valence-electron chi connectivity index (χ1n) is 5.84. The Labute approximate surface area is 109 Å². The summed E-state index contributed by atoms with van der Waals surface area (Å²) in [5.74, 6) is -1.50. The lowest BCUT2D eigenvalue weighted by Gasteiger charge is -2.29. The van der Waals surface area contributed by atoms with E-state index in [1.807, 2.05) is 6.07 Å². The van der Waals surface area contributed by atoms with Crippen molar-refractivity contribution in [2.75, 3.05) is 19.7 Å². The molecule has 1 fully saturated rings. The summed E-state index contributed by atoms with van der Waals surface area (Å²) < 4.78 is 5.07. The Kier molecular flexibility index (Phi) is 5.75. The molecule has 0 spiro atoms. The second-order valence-electron chi connectivity index (χ2n) is 4.04. The van der Waals surface area contributed by atoms with Gasteiger partial charge in [0.15, 0.2) is 6.10 Å². The molecule has 0 radical (unpaired) electrons. The number of hydrogen-bond acceptors (Lipinski definition) is 5. The number of nitriles is 1. The van der Waals surface area contributed by atoms with E-state index in [2.05, 4.69) is 5.32 Å². The number of carboxylic acid groups (broad SMARTS) is 1. The van der Waals surface area contributed by atoms with Gasteiger partial charge < -0.3 is 14.7 Å². The molecule has 0 saturated carbocycles. The summed E-state index contributed by atoms with van der Waals surface area (Å²) in [5.41, 5.74) is 0. The van der Waals surface area contributed by atoms with Crippen LogP contribution in [0.5, 0.6) is 0 Å². The number of hydrogen-bond donors (Lipinski definition) is 2. The molecule has 1 atom stereocenters. The van der Waals surface area contributed by atoms with Crippen LogP contribution in [0, 0.1) is 11.3 Å². The van der Waals surface area contributed by atoms with Gasteiger partial charge in [-0.05, 0) is 6.42 Å². The highest BCUT2D eigenvalue weighted by Gasteiger charge is 2.24. The lowest BCUT2D eigenvalue weighted by atomic mass is 10.2. The number of aliphatic carboxylic acids is 1. The minimum atomic E-state index is -0.982. The van der Waals surface area contributed by atoms with Gasteiger partial charge in [0.25, 0.3) is 0 Å². The van der Waals surface area contributed by atoms with E-state index in [0.717, 1.165) is 0 Å². The molecule has 0 bridgehead atoms. The summed E-state index contributed by atoms with van der Waals surface area (Å²) in [6.07, 6.45) is -0.639. The zero-order chi connectivity index (χ0) is 14.3. The number of urea groups is 1. The first kappa shape index (κ1) is 14.9. The molecule has 0 aromatic heterocycles. The molecule has 1 rings (SSSR count). The Bertz CT molecular complexity index is 404. The fourth-order valence-corrected chi connectivity index (χ4v) is 1.57. The number of imide groups is 1. The molecule has 8 nitrogen and oxygen atoms in total.